The lowest BCUT2D eigenvalue weighted by atomic mass is 9.82. The van der Waals surface area contributed by atoms with Crippen molar-refractivity contribution in [2.24, 2.45) is 5.41 Å². The van der Waals surface area contributed by atoms with Crippen LogP contribution in [0.3, 0.4) is 0 Å². The van der Waals surface area contributed by atoms with E-state index < -0.39 is 11.5 Å². The van der Waals surface area contributed by atoms with Gasteiger partial charge in [0.2, 0.25) is 6.04 Å². The van der Waals surface area contributed by atoms with Crippen molar-refractivity contribution >= 4 is 29.5 Å². The fraction of sp³-hybridized carbons (Fsp3) is 0.727. The third-order valence-corrected chi connectivity index (χ3v) is 5.12. The van der Waals surface area contributed by atoms with Gasteiger partial charge in [-0.1, -0.05) is 0 Å². The van der Waals surface area contributed by atoms with Crippen molar-refractivity contribution in [1.82, 2.24) is 0 Å². The molecule has 1 heterocycles. The summed E-state index contributed by atoms with van der Waals surface area (Å²) < 4.78 is 5.81. The molecule has 1 aliphatic heterocycles. The summed E-state index contributed by atoms with van der Waals surface area (Å²) in [5.41, 5.74) is -0.726. The van der Waals surface area contributed by atoms with Crippen LogP contribution < -0.4 is 0 Å². The van der Waals surface area contributed by atoms with Gasteiger partial charge in [0.25, 0.3) is 0 Å². The van der Waals surface area contributed by atoms with E-state index in [0.29, 0.717) is 13.0 Å². The van der Waals surface area contributed by atoms with Crippen molar-refractivity contribution in [2.45, 2.75) is 25.8 Å². The molecule has 102 valence electrons. The lowest BCUT2D eigenvalue weighted by Gasteiger charge is -2.19. The first-order valence-corrected chi connectivity index (χ1v) is 7.98. The van der Waals surface area contributed by atoms with Crippen molar-refractivity contribution in [3.05, 3.63) is 20.4 Å². The number of esters is 1. The van der Waals surface area contributed by atoms with Crippen molar-refractivity contribution in [1.29, 1.82) is 0 Å². The first-order chi connectivity index (χ1) is 8.42. The van der Waals surface area contributed by atoms with Crippen LogP contribution in [0.4, 0.5) is 0 Å². The number of carbonyl (C=O) groups is 1. The molecule has 0 aromatic rings. The molecule has 1 fully saturated rings. The van der Waals surface area contributed by atoms with Crippen LogP contribution in [0.2, 0.25) is 0 Å². The van der Waals surface area contributed by atoms with E-state index in [1.54, 1.807) is 13.0 Å². The summed E-state index contributed by atoms with van der Waals surface area (Å²) >= 11 is 2.95. The molecule has 0 amide bonds. The molecule has 7 heteroatoms. The third kappa shape index (κ3) is 3.65. The topological polar surface area (TPSA) is 69.4 Å². The number of cyclic esters (lactones) is 1. The maximum absolute atomic E-state index is 11.6. The van der Waals surface area contributed by atoms with Crippen LogP contribution in [0.1, 0.15) is 19.8 Å². The predicted molar refractivity (Wildman–Crippen MR) is 74.2 cm³/mol. The Kier molecular flexibility index (Phi) is 5.52. The molecule has 1 saturated heterocycles. The molecule has 0 aliphatic carbocycles. The van der Waals surface area contributed by atoms with Gasteiger partial charge < -0.3 is 4.74 Å². The van der Waals surface area contributed by atoms with Gasteiger partial charge in [-0.15, -0.1) is 23.5 Å². The third-order valence-electron chi connectivity index (χ3n) is 3.04. The fourth-order valence-corrected chi connectivity index (χ4v) is 3.12. The quantitative estimate of drug-likeness (QED) is 0.425. The summed E-state index contributed by atoms with van der Waals surface area (Å²) in [6, 6.07) is -0.837. The van der Waals surface area contributed by atoms with Gasteiger partial charge in [0.15, 0.2) is 0 Å². The fourth-order valence-electron chi connectivity index (χ4n) is 1.86. The Morgan fingerprint density at radius 2 is 2.22 bits per heavy atom. The Bertz CT molecular complexity index is 366. The van der Waals surface area contributed by atoms with E-state index in [2.05, 4.69) is 0 Å². The van der Waals surface area contributed by atoms with Crippen molar-refractivity contribution < 1.29 is 14.5 Å². The molecule has 1 aliphatic rings. The van der Waals surface area contributed by atoms with Crippen molar-refractivity contribution in [3.8, 4) is 0 Å². The van der Waals surface area contributed by atoms with E-state index in [4.69, 9.17) is 4.74 Å². The highest BCUT2D eigenvalue weighted by Crippen LogP contribution is 2.36. The zero-order valence-corrected chi connectivity index (χ0v) is 12.3. The Labute approximate surface area is 115 Å². The van der Waals surface area contributed by atoms with Gasteiger partial charge in [-0.05, 0) is 25.9 Å². The van der Waals surface area contributed by atoms with E-state index in [1.165, 1.54) is 23.5 Å². The maximum Gasteiger partial charge on any atom is 0.312 e. The molecule has 0 bridgehead atoms. The lowest BCUT2D eigenvalue weighted by Crippen LogP contribution is -2.31. The molecular formula is C11H17NO4S2. The average molecular weight is 291 g/mol. The smallest absolute Gasteiger partial charge is 0.312 e. The van der Waals surface area contributed by atoms with Gasteiger partial charge in [0, 0.05) is 21.7 Å². The predicted octanol–water partition coefficient (Wildman–Crippen LogP) is 2.54. The lowest BCUT2D eigenvalue weighted by molar-refractivity contribution is -0.512. The van der Waals surface area contributed by atoms with Crippen molar-refractivity contribution in [2.75, 3.05) is 19.1 Å². The molecule has 0 unspecified atom stereocenters. The van der Waals surface area contributed by atoms with Crippen LogP contribution in [0.15, 0.2) is 10.3 Å². The van der Waals surface area contributed by atoms with Crippen LogP contribution in [0.5, 0.6) is 0 Å². The zero-order chi connectivity index (χ0) is 13.8. The minimum atomic E-state index is -0.837. The Balaban J connectivity index is 2.84. The number of carbonyl (C=O) groups excluding carboxylic acids is 1. The van der Waals surface area contributed by atoms with Crippen LogP contribution in [-0.2, 0) is 9.53 Å². The average Bonchev–Trinajstić information content (AvgIpc) is 2.65. The van der Waals surface area contributed by atoms with E-state index in [9.17, 15) is 14.9 Å². The minimum absolute atomic E-state index is 0.198. The molecule has 18 heavy (non-hydrogen) atoms. The second-order valence-electron chi connectivity index (χ2n) is 4.40. The summed E-state index contributed by atoms with van der Waals surface area (Å²) in [6.45, 7) is 2.10. The highest BCUT2D eigenvalue weighted by molar-refractivity contribution is 8.21. The zero-order valence-electron chi connectivity index (χ0n) is 10.7. The van der Waals surface area contributed by atoms with Crippen LogP contribution in [0, 0.1) is 15.5 Å². The van der Waals surface area contributed by atoms with Gasteiger partial charge in [0.05, 0.1) is 12.0 Å². The molecule has 0 saturated carbocycles. The molecule has 0 aromatic heterocycles. The standard InChI is InChI=1S/C11H17NO4S2/c1-11(4-5-16-10(11)13)7-8(12(14)15)6-9(17-2)18-3/h6,8H,4-5,7H2,1-3H3/t8-,11-/m1/s1. The van der Waals surface area contributed by atoms with Gasteiger partial charge in [0.1, 0.15) is 0 Å². The van der Waals surface area contributed by atoms with Gasteiger partial charge in [-0.3, -0.25) is 14.9 Å². The van der Waals surface area contributed by atoms with Crippen LogP contribution in [0.25, 0.3) is 0 Å². The van der Waals surface area contributed by atoms with E-state index in [1.807, 2.05) is 12.5 Å². The Morgan fingerprint density at radius 3 is 2.61 bits per heavy atom. The number of hydrogen-bond donors (Lipinski definition) is 0. The summed E-state index contributed by atoms with van der Waals surface area (Å²) in [5, 5.41) is 11.1. The highest BCUT2D eigenvalue weighted by atomic mass is 32.2. The summed E-state index contributed by atoms with van der Waals surface area (Å²) in [5.74, 6) is -0.322. The SMILES string of the molecule is CSC(=C[C@H](C[C@@]1(C)CCOC1=O)[N+](=O)[O-])SC. The second-order valence-corrected chi connectivity index (χ2v) is 6.35. The molecule has 0 radical (unpaired) electrons. The molecule has 2 atom stereocenters. The molecule has 5 nitrogen and oxygen atoms in total. The Hall–Kier alpha value is -0.690. The number of rotatable bonds is 6. The van der Waals surface area contributed by atoms with Crippen LogP contribution >= 0.6 is 23.5 Å². The van der Waals surface area contributed by atoms with Gasteiger partial charge >= 0.3 is 5.97 Å². The normalized spacial score (nSPS) is 24.5. The molecule has 0 N–H and O–H groups in total. The molecular weight excluding hydrogens is 274 g/mol. The summed E-state index contributed by atoms with van der Waals surface area (Å²) in [6.07, 6.45) is 6.14. The number of thioether (sulfide) groups is 2. The summed E-state index contributed by atoms with van der Waals surface area (Å²) in [4.78, 5) is 22.4. The highest BCUT2D eigenvalue weighted by Gasteiger charge is 2.44. The second kappa shape index (κ2) is 6.47. The summed E-state index contributed by atoms with van der Waals surface area (Å²) in [7, 11) is 0. The molecule has 0 aromatic carbocycles. The monoisotopic (exact) mass is 291 g/mol. The first-order valence-electron chi connectivity index (χ1n) is 5.53. The number of hydrogen-bond acceptors (Lipinski definition) is 6. The van der Waals surface area contributed by atoms with E-state index in [0.717, 1.165) is 4.24 Å². The molecule has 0 spiro atoms. The minimum Gasteiger partial charge on any atom is -0.465 e. The number of nitrogens with zero attached hydrogens (tertiary/aromatic N) is 1. The number of ether oxygens (including phenoxy) is 1. The maximum atomic E-state index is 11.6. The molecule has 1 rings (SSSR count). The number of nitro groups is 1. The largest absolute Gasteiger partial charge is 0.465 e. The van der Waals surface area contributed by atoms with E-state index in [-0.39, 0.29) is 17.3 Å². The Morgan fingerprint density at radius 1 is 1.61 bits per heavy atom. The van der Waals surface area contributed by atoms with Crippen molar-refractivity contribution in [3.63, 3.8) is 0 Å². The van der Waals surface area contributed by atoms with Gasteiger partial charge in [-0.2, -0.15) is 0 Å². The van der Waals surface area contributed by atoms with Gasteiger partial charge in [-0.25, -0.2) is 0 Å². The van der Waals surface area contributed by atoms with E-state index >= 15 is 0 Å². The first kappa shape index (κ1) is 15.4. The van der Waals surface area contributed by atoms with Crippen LogP contribution in [-0.4, -0.2) is 36.1 Å².